The molecule has 1 aliphatic rings. The van der Waals surface area contributed by atoms with Gasteiger partial charge in [0, 0.05) is 6.04 Å². The maximum Gasteiger partial charge on any atom is 0.0807 e. The first-order valence-electron chi connectivity index (χ1n) is 4.79. The van der Waals surface area contributed by atoms with Gasteiger partial charge in [-0.2, -0.15) is 0 Å². The van der Waals surface area contributed by atoms with Crippen LogP contribution < -0.4 is 5.73 Å². The molecule has 0 aliphatic heterocycles. The predicted molar refractivity (Wildman–Crippen MR) is 52.3 cm³/mol. The van der Waals surface area contributed by atoms with E-state index >= 15 is 0 Å². The van der Waals surface area contributed by atoms with E-state index in [1.807, 2.05) is 18.2 Å². The van der Waals surface area contributed by atoms with Crippen molar-refractivity contribution in [3.8, 4) is 0 Å². The third kappa shape index (κ3) is 1.74. The lowest BCUT2D eigenvalue weighted by molar-refractivity contribution is 0.160. The van der Waals surface area contributed by atoms with E-state index in [9.17, 15) is 5.11 Å². The van der Waals surface area contributed by atoms with Crippen molar-refractivity contribution in [2.75, 3.05) is 0 Å². The summed E-state index contributed by atoms with van der Waals surface area (Å²) < 4.78 is 0. The normalized spacial score (nSPS) is 27.8. The lowest BCUT2D eigenvalue weighted by atomic mass is 10.0. The van der Waals surface area contributed by atoms with Crippen molar-refractivity contribution in [2.45, 2.75) is 31.4 Å². The number of hydrogen-bond acceptors (Lipinski definition) is 2. The zero-order valence-electron chi connectivity index (χ0n) is 7.61. The molecule has 0 bridgehead atoms. The molecule has 0 fully saturated rings. The summed E-state index contributed by atoms with van der Waals surface area (Å²) in [5, 5.41) is 9.83. The predicted octanol–water partition coefficient (Wildman–Crippen LogP) is 1.38. The summed E-state index contributed by atoms with van der Waals surface area (Å²) in [5.41, 5.74) is 8.16. The highest BCUT2D eigenvalue weighted by atomic mass is 16.3. The summed E-state index contributed by atoms with van der Waals surface area (Å²) in [4.78, 5) is 0. The van der Waals surface area contributed by atoms with Gasteiger partial charge in [-0.3, -0.25) is 0 Å². The third-order valence-corrected chi connectivity index (χ3v) is 2.72. The number of aliphatic hydroxyl groups is 1. The van der Waals surface area contributed by atoms with Crippen LogP contribution >= 0.6 is 0 Å². The zero-order valence-corrected chi connectivity index (χ0v) is 7.61. The summed E-state index contributed by atoms with van der Waals surface area (Å²) in [6.07, 6.45) is 2.30. The van der Waals surface area contributed by atoms with Crippen LogP contribution in [0, 0.1) is 0 Å². The summed E-state index contributed by atoms with van der Waals surface area (Å²) in [5.74, 6) is 0. The minimum Gasteiger partial charge on any atom is -0.388 e. The summed E-state index contributed by atoms with van der Waals surface area (Å²) in [6, 6.07) is 8.21. The average molecular weight is 177 g/mol. The lowest BCUT2D eigenvalue weighted by Gasteiger charge is -2.12. The fraction of sp³-hybridized carbons (Fsp3) is 0.455. The molecule has 0 spiro atoms. The standard InChI is InChI=1S/C11H15NO/c12-9-6-5-8-3-1-2-4-10(8)11(13)7-9/h1-4,9,11,13H,5-7,12H2. The minimum absolute atomic E-state index is 0.141. The molecule has 0 saturated carbocycles. The fourth-order valence-corrected chi connectivity index (χ4v) is 1.96. The number of rotatable bonds is 0. The Hall–Kier alpha value is -0.860. The maximum atomic E-state index is 9.83. The first-order chi connectivity index (χ1) is 6.27. The molecule has 0 saturated heterocycles. The van der Waals surface area contributed by atoms with Crippen LogP contribution in [0.4, 0.5) is 0 Å². The van der Waals surface area contributed by atoms with Crippen LogP contribution in [-0.4, -0.2) is 11.1 Å². The van der Waals surface area contributed by atoms with Gasteiger partial charge in [0.1, 0.15) is 0 Å². The number of benzene rings is 1. The van der Waals surface area contributed by atoms with Gasteiger partial charge in [0.25, 0.3) is 0 Å². The molecule has 0 aromatic heterocycles. The van der Waals surface area contributed by atoms with E-state index < -0.39 is 0 Å². The van der Waals surface area contributed by atoms with E-state index in [1.165, 1.54) is 5.56 Å². The highest BCUT2D eigenvalue weighted by Crippen LogP contribution is 2.27. The van der Waals surface area contributed by atoms with E-state index in [4.69, 9.17) is 5.73 Å². The smallest absolute Gasteiger partial charge is 0.0807 e. The van der Waals surface area contributed by atoms with Crippen molar-refractivity contribution < 1.29 is 5.11 Å². The van der Waals surface area contributed by atoms with Crippen LogP contribution in [0.3, 0.4) is 0 Å². The number of fused-ring (bicyclic) bond motifs is 1. The molecule has 1 aliphatic carbocycles. The second-order valence-electron chi connectivity index (χ2n) is 3.75. The Balaban J connectivity index is 2.35. The Kier molecular flexibility index (Phi) is 2.34. The van der Waals surface area contributed by atoms with Crippen molar-refractivity contribution >= 4 is 0 Å². The van der Waals surface area contributed by atoms with Crippen LogP contribution in [0.15, 0.2) is 24.3 Å². The third-order valence-electron chi connectivity index (χ3n) is 2.72. The number of nitrogens with two attached hydrogens (primary N) is 1. The zero-order chi connectivity index (χ0) is 9.26. The first-order valence-corrected chi connectivity index (χ1v) is 4.79. The van der Waals surface area contributed by atoms with Gasteiger partial charge >= 0.3 is 0 Å². The highest BCUT2D eigenvalue weighted by molar-refractivity contribution is 5.30. The van der Waals surface area contributed by atoms with Crippen LogP contribution in [0.5, 0.6) is 0 Å². The molecule has 2 heteroatoms. The van der Waals surface area contributed by atoms with Gasteiger partial charge in [0.15, 0.2) is 0 Å². The molecule has 2 rings (SSSR count). The number of hydrogen-bond donors (Lipinski definition) is 2. The van der Waals surface area contributed by atoms with Crippen molar-refractivity contribution in [2.24, 2.45) is 5.73 Å². The van der Waals surface area contributed by atoms with Gasteiger partial charge < -0.3 is 10.8 Å². The van der Waals surface area contributed by atoms with Crippen molar-refractivity contribution in [1.82, 2.24) is 0 Å². The molecule has 13 heavy (non-hydrogen) atoms. The topological polar surface area (TPSA) is 46.2 Å². The summed E-state index contributed by atoms with van der Waals surface area (Å²) >= 11 is 0. The second-order valence-corrected chi connectivity index (χ2v) is 3.75. The van der Waals surface area contributed by atoms with E-state index in [0.717, 1.165) is 18.4 Å². The Morgan fingerprint density at radius 2 is 2.08 bits per heavy atom. The summed E-state index contributed by atoms with van der Waals surface area (Å²) in [6.45, 7) is 0. The molecule has 0 heterocycles. The van der Waals surface area contributed by atoms with E-state index in [2.05, 4.69) is 6.07 Å². The first kappa shape index (κ1) is 8.73. The van der Waals surface area contributed by atoms with Gasteiger partial charge in [-0.25, -0.2) is 0 Å². The van der Waals surface area contributed by atoms with Crippen molar-refractivity contribution in [1.29, 1.82) is 0 Å². The molecular formula is C11H15NO. The SMILES string of the molecule is NC1CCc2ccccc2C(O)C1. The second kappa shape index (κ2) is 3.48. The quantitative estimate of drug-likeness (QED) is 0.588. The van der Waals surface area contributed by atoms with Crippen molar-refractivity contribution in [3.63, 3.8) is 0 Å². The molecule has 0 radical (unpaired) electrons. The molecule has 2 atom stereocenters. The van der Waals surface area contributed by atoms with Crippen molar-refractivity contribution in [3.05, 3.63) is 35.4 Å². The fourth-order valence-electron chi connectivity index (χ4n) is 1.96. The largest absolute Gasteiger partial charge is 0.388 e. The Labute approximate surface area is 78.4 Å². The van der Waals surface area contributed by atoms with Crippen LogP contribution in [0.25, 0.3) is 0 Å². The Morgan fingerprint density at radius 1 is 1.31 bits per heavy atom. The molecule has 70 valence electrons. The van der Waals surface area contributed by atoms with E-state index in [0.29, 0.717) is 6.42 Å². The number of aryl methyl sites for hydroxylation is 1. The van der Waals surface area contributed by atoms with Gasteiger partial charge in [-0.15, -0.1) is 0 Å². The molecule has 1 aromatic rings. The average Bonchev–Trinajstić information content (AvgIpc) is 2.27. The monoisotopic (exact) mass is 177 g/mol. The minimum atomic E-state index is -0.367. The molecule has 2 nitrogen and oxygen atoms in total. The molecule has 0 amide bonds. The lowest BCUT2D eigenvalue weighted by Crippen LogP contribution is -2.21. The molecule has 3 N–H and O–H groups in total. The van der Waals surface area contributed by atoms with Gasteiger partial charge in [0.05, 0.1) is 6.10 Å². The van der Waals surface area contributed by atoms with Gasteiger partial charge in [-0.1, -0.05) is 24.3 Å². The van der Waals surface area contributed by atoms with Crippen LogP contribution in [0.2, 0.25) is 0 Å². The van der Waals surface area contributed by atoms with E-state index in [1.54, 1.807) is 0 Å². The number of aliphatic hydroxyl groups excluding tert-OH is 1. The van der Waals surface area contributed by atoms with E-state index in [-0.39, 0.29) is 12.1 Å². The van der Waals surface area contributed by atoms with Crippen LogP contribution in [0.1, 0.15) is 30.1 Å². The Bertz CT molecular complexity index is 298. The molecular weight excluding hydrogens is 162 g/mol. The molecule has 1 aromatic carbocycles. The Morgan fingerprint density at radius 3 is 2.92 bits per heavy atom. The van der Waals surface area contributed by atoms with Crippen LogP contribution in [-0.2, 0) is 6.42 Å². The summed E-state index contributed by atoms with van der Waals surface area (Å²) in [7, 11) is 0. The highest BCUT2D eigenvalue weighted by Gasteiger charge is 2.19. The van der Waals surface area contributed by atoms with Gasteiger partial charge in [-0.05, 0) is 30.4 Å². The van der Waals surface area contributed by atoms with Gasteiger partial charge in [0.2, 0.25) is 0 Å². The molecule has 2 unspecified atom stereocenters. The maximum absolute atomic E-state index is 9.83.